The van der Waals surface area contributed by atoms with Gasteiger partial charge in [0.25, 0.3) is 5.91 Å². The van der Waals surface area contributed by atoms with Gasteiger partial charge in [0, 0.05) is 7.05 Å². The van der Waals surface area contributed by atoms with Gasteiger partial charge in [0.05, 0.1) is 18.7 Å². The maximum Gasteiger partial charge on any atom is 0.338 e. The lowest BCUT2D eigenvalue weighted by Crippen LogP contribution is -2.33. The van der Waals surface area contributed by atoms with E-state index in [1.54, 1.807) is 7.05 Å². The van der Waals surface area contributed by atoms with Gasteiger partial charge in [0.1, 0.15) is 0 Å². The molecule has 0 spiro atoms. The highest BCUT2D eigenvalue weighted by atomic mass is 19.1. The first-order chi connectivity index (χ1) is 11.9. The van der Waals surface area contributed by atoms with E-state index in [9.17, 15) is 14.0 Å². The molecule has 0 aliphatic rings. The van der Waals surface area contributed by atoms with Crippen LogP contribution < -0.4 is 4.74 Å². The van der Waals surface area contributed by atoms with Gasteiger partial charge >= 0.3 is 5.97 Å². The second-order valence-corrected chi connectivity index (χ2v) is 5.52. The zero-order valence-electron chi connectivity index (χ0n) is 14.4. The Balaban J connectivity index is 1.94. The molecule has 1 amide bonds. The normalized spacial score (nSPS) is 11.5. The third-order valence-corrected chi connectivity index (χ3v) is 3.97. The van der Waals surface area contributed by atoms with E-state index in [0.717, 1.165) is 11.6 Å². The molecule has 0 bridgehead atoms. The van der Waals surface area contributed by atoms with Gasteiger partial charge < -0.3 is 14.4 Å². The average molecular weight is 345 g/mol. The Morgan fingerprint density at radius 3 is 2.44 bits per heavy atom. The molecule has 0 aliphatic carbocycles. The standard InChI is InChI=1S/C19H20FNO4/c1-13(14-7-5-4-6-8-14)21(2)18(22)12-25-19(23)15-9-10-17(24-3)16(20)11-15/h4-11,13H,12H2,1-3H3/t13-/m0/s1. The van der Waals surface area contributed by atoms with Crippen molar-refractivity contribution in [2.24, 2.45) is 0 Å². The average Bonchev–Trinajstić information content (AvgIpc) is 2.65. The second kappa shape index (κ2) is 8.28. The highest BCUT2D eigenvalue weighted by Gasteiger charge is 2.19. The molecule has 1 atom stereocenters. The van der Waals surface area contributed by atoms with Crippen LogP contribution in [0.1, 0.15) is 28.9 Å². The van der Waals surface area contributed by atoms with Crippen LogP contribution in [-0.4, -0.2) is 37.5 Å². The molecule has 5 nitrogen and oxygen atoms in total. The van der Waals surface area contributed by atoms with Gasteiger partial charge in [0.15, 0.2) is 18.2 Å². The van der Waals surface area contributed by atoms with Crippen molar-refractivity contribution in [3.8, 4) is 5.75 Å². The first-order valence-electron chi connectivity index (χ1n) is 7.75. The molecule has 6 heteroatoms. The summed E-state index contributed by atoms with van der Waals surface area (Å²) in [6.07, 6.45) is 0. The van der Waals surface area contributed by atoms with Gasteiger partial charge in [-0.2, -0.15) is 0 Å². The molecule has 0 fully saturated rings. The van der Waals surface area contributed by atoms with Crippen LogP contribution in [0.4, 0.5) is 4.39 Å². The summed E-state index contributed by atoms with van der Waals surface area (Å²) in [5.74, 6) is -1.75. The van der Waals surface area contributed by atoms with Crippen molar-refractivity contribution in [3.05, 3.63) is 65.5 Å². The fourth-order valence-corrected chi connectivity index (χ4v) is 2.28. The summed E-state index contributed by atoms with van der Waals surface area (Å²) in [6.45, 7) is 1.47. The minimum Gasteiger partial charge on any atom is -0.494 e. The maximum atomic E-state index is 13.6. The lowest BCUT2D eigenvalue weighted by atomic mass is 10.1. The van der Waals surface area contributed by atoms with Crippen molar-refractivity contribution in [1.29, 1.82) is 0 Å². The molecule has 132 valence electrons. The number of benzene rings is 2. The van der Waals surface area contributed by atoms with Crippen molar-refractivity contribution in [2.45, 2.75) is 13.0 Å². The number of amides is 1. The molecule has 2 rings (SSSR count). The van der Waals surface area contributed by atoms with Crippen LogP contribution in [0.3, 0.4) is 0 Å². The SMILES string of the molecule is COc1ccc(C(=O)OCC(=O)N(C)[C@@H](C)c2ccccc2)cc1F. The summed E-state index contributed by atoms with van der Waals surface area (Å²) >= 11 is 0. The molecule has 0 aliphatic heterocycles. The molecule has 0 radical (unpaired) electrons. The Labute approximate surface area is 146 Å². The number of ether oxygens (including phenoxy) is 2. The van der Waals surface area contributed by atoms with Gasteiger partial charge in [-0.1, -0.05) is 30.3 Å². The number of halogens is 1. The minimum absolute atomic E-state index is 0.0184. The summed E-state index contributed by atoms with van der Waals surface area (Å²) in [5, 5.41) is 0. The highest BCUT2D eigenvalue weighted by Crippen LogP contribution is 2.19. The Bertz CT molecular complexity index is 748. The number of rotatable bonds is 6. The monoisotopic (exact) mass is 345 g/mol. The fraction of sp³-hybridized carbons (Fsp3) is 0.263. The van der Waals surface area contributed by atoms with E-state index < -0.39 is 18.4 Å². The van der Waals surface area contributed by atoms with Crippen LogP contribution in [0.15, 0.2) is 48.5 Å². The zero-order valence-corrected chi connectivity index (χ0v) is 14.4. The van der Waals surface area contributed by atoms with Crippen molar-refractivity contribution in [3.63, 3.8) is 0 Å². The number of esters is 1. The Kier molecular flexibility index (Phi) is 6.11. The molecule has 0 aromatic heterocycles. The van der Waals surface area contributed by atoms with Gasteiger partial charge in [0.2, 0.25) is 0 Å². The number of hydrogen-bond donors (Lipinski definition) is 0. The highest BCUT2D eigenvalue weighted by molar-refractivity contribution is 5.91. The molecular formula is C19H20FNO4. The molecule has 0 saturated heterocycles. The summed E-state index contributed by atoms with van der Waals surface area (Å²) < 4.78 is 23.4. The van der Waals surface area contributed by atoms with E-state index in [1.165, 1.54) is 24.1 Å². The largest absolute Gasteiger partial charge is 0.494 e. The van der Waals surface area contributed by atoms with E-state index in [2.05, 4.69) is 0 Å². The molecule has 25 heavy (non-hydrogen) atoms. The van der Waals surface area contributed by atoms with E-state index >= 15 is 0 Å². The number of hydrogen-bond acceptors (Lipinski definition) is 4. The topological polar surface area (TPSA) is 55.8 Å². The quantitative estimate of drug-likeness (QED) is 0.755. The summed E-state index contributed by atoms with van der Waals surface area (Å²) in [7, 11) is 2.97. The molecular weight excluding hydrogens is 325 g/mol. The van der Waals surface area contributed by atoms with Crippen LogP contribution in [0.2, 0.25) is 0 Å². The van der Waals surface area contributed by atoms with E-state index in [4.69, 9.17) is 9.47 Å². The van der Waals surface area contributed by atoms with Crippen LogP contribution in [0.5, 0.6) is 5.75 Å². The van der Waals surface area contributed by atoms with Crippen LogP contribution >= 0.6 is 0 Å². The van der Waals surface area contributed by atoms with Gasteiger partial charge in [-0.15, -0.1) is 0 Å². The Morgan fingerprint density at radius 2 is 1.84 bits per heavy atom. The van der Waals surface area contributed by atoms with Gasteiger partial charge in [-0.25, -0.2) is 9.18 Å². The smallest absolute Gasteiger partial charge is 0.338 e. The first-order valence-corrected chi connectivity index (χ1v) is 7.75. The third kappa shape index (κ3) is 4.56. The van der Waals surface area contributed by atoms with Crippen LogP contribution in [0, 0.1) is 5.82 Å². The second-order valence-electron chi connectivity index (χ2n) is 5.52. The van der Waals surface area contributed by atoms with E-state index in [-0.39, 0.29) is 23.3 Å². The lowest BCUT2D eigenvalue weighted by Gasteiger charge is -2.25. The van der Waals surface area contributed by atoms with Gasteiger partial charge in [-0.05, 0) is 30.7 Å². The van der Waals surface area contributed by atoms with Crippen molar-refractivity contribution in [2.75, 3.05) is 20.8 Å². The molecule has 2 aromatic rings. The predicted molar refractivity (Wildman–Crippen MR) is 90.9 cm³/mol. The molecule has 0 heterocycles. The van der Waals surface area contributed by atoms with Crippen molar-refractivity contribution < 1.29 is 23.5 Å². The maximum absolute atomic E-state index is 13.6. The zero-order chi connectivity index (χ0) is 18.4. The predicted octanol–water partition coefficient (Wildman–Crippen LogP) is 3.21. The summed E-state index contributed by atoms with van der Waals surface area (Å²) in [4.78, 5) is 25.7. The third-order valence-electron chi connectivity index (χ3n) is 3.97. The Morgan fingerprint density at radius 1 is 1.16 bits per heavy atom. The van der Waals surface area contributed by atoms with Crippen LogP contribution in [-0.2, 0) is 9.53 Å². The van der Waals surface area contributed by atoms with E-state index in [1.807, 2.05) is 37.3 Å². The molecule has 0 unspecified atom stereocenters. The van der Waals surface area contributed by atoms with Gasteiger partial charge in [-0.3, -0.25) is 4.79 Å². The van der Waals surface area contributed by atoms with Crippen LogP contribution in [0.25, 0.3) is 0 Å². The molecule has 2 aromatic carbocycles. The van der Waals surface area contributed by atoms with Crippen molar-refractivity contribution in [1.82, 2.24) is 4.90 Å². The fourth-order valence-electron chi connectivity index (χ4n) is 2.28. The number of carbonyl (C=O) groups is 2. The summed E-state index contributed by atoms with van der Waals surface area (Å²) in [5.41, 5.74) is 0.992. The number of methoxy groups -OCH3 is 1. The lowest BCUT2D eigenvalue weighted by molar-refractivity contribution is -0.135. The first kappa shape index (κ1) is 18.4. The van der Waals surface area contributed by atoms with E-state index in [0.29, 0.717) is 0 Å². The minimum atomic E-state index is -0.768. The molecule has 0 N–H and O–H groups in total. The number of likely N-dealkylation sites (N-methyl/N-ethyl adjacent to an activating group) is 1. The van der Waals surface area contributed by atoms with Crippen molar-refractivity contribution >= 4 is 11.9 Å². The number of carbonyl (C=O) groups excluding carboxylic acids is 2. The number of nitrogens with zero attached hydrogens (tertiary/aromatic N) is 1. The Hall–Kier alpha value is -2.89. The molecule has 0 saturated carbocycles. The summed E-state index contributed by atoms with van der Waals surface area (Å²) in [6, 6.07) is 13.1.